The van der Waals surface area contributed by atoms with Crippen molar-refractivity contribution >= 4 is 82.5 Å². The average Bonchev–Trinajstić information content (AvgIpc) is 3.52. The maximum atomic E-state index is 16.1. The summed E-state index contributed by atoms with van der Waals surface area (Å²) in [6, 6.07) is 0.451. The molecule has 1 aliphatic carbocycles. The number of nitrogens with zero attached hydrogens (tertiary/aromatic N) is 1. The Kier molecular flexibility index (Phi) is 6.92. The molecule has 1 N–H and O–H groups in total. The molecule has 2 aromatic rings. The molecular weight excluding hydrogens is 504 g/mol. The minimum atomic E-state index is -3.68. The van der Waals surface area contributed by atoms with E-state index < -0.39 is 45.3 Å². The van der Waals surface area contributed by atoms with Gasteiger partial charge in [0.1, 0.15) is 57.0 Å². The van der Waals surface area contributed by atoms with Gasteiger partial charge in [0.2, 0.25) is 10.0 Å². The molecule has 186 valence electrons. The molecule has 2 saturated heterocycles. The molecule has 38 heavy (non-hydrogen) atoms. The number of hydrogen-bond donors (Lipinski definition) is 1. The van der Waals surface area contributed by atoms with Gasteiger partial charge in [-0.25, -0.2) is 21.9 Å². The van der Waals surface area contributed by atoms with E-state index in [1.807, 2.05) is 0 Å². The van der Waals surface area contributed by atoms with E-state index >= 15 is 4.39 Å². The van der Waals surface area contributed by atoms with Gasteiger partial charge in [0.25, 0.3) is 5.91 Å². The lowest BCUT2D eigenvalue weighted by Crippen LogP contribution is -2.55. The molecule has 3 atom stereocenters. The van der Waals surface area contributed by atoms with Crippen LogP contribution in [0.5, 0.6) is 0 Å². The molecule has 3 aliphatic rings. The Hall–Kier alpha value is -2.04. The number of benzene rings is 2. The Morgan fingerprint density at radius 3 is 2.16 bits per heavy atom. The van der Waals surface area contributed by atoms with Crippen molar-refractivity contribution in [2.45, 2.75) is 43.9 Å². The van der Waals surface area contributed by atoms with E-state index in [0.717, 1.165) is 18.4 Å². The van der Waals surface area contributed by atoms with Crippen LogP contribution in [0.3, 0.4) is 0 Å². The molecule has 2 aliphatic heterocycles. The number of nitrogens with one attached hydrogen (secondary N) is 1. The Morgan fingerprint density at radius 2 is 1.66 bits per heavy atom. The minimum Gasteiger partial charge on any atom is -0.368 e. The largest absolute Gasteiger partial charge is 0.368 e. The van der Waals surface area contributed by atoms with E-state index in [1.165, 1.54) is 0 Å². The van der Waals surface area contributed by atoms with Crippen molar-refractivity contribution in [2.24, 2.45) is 5.41 Å². The molecule has 6 nitrogen and oxygen atoms in total. The number of carbonyl (C=O) groups is 1. The summed E-state index contributed by atoms with van der Waals surface area (Å²) in [6.45, 7) is 0.738. The van der Waals surface area contributed by atoms with Gasteiger partial charge in [-0.3, -0.25) is 4.79 Å². The number of sulfonamides is 1. The SMILES string of the molecule is [B]c1c([B])c([B])c(-c2cc(F)cc(C[C@H]3[C@@H](NS(C)(=O)=O)C4(CC4)CN3C(=O)[C@H]3CCO3)c2F)c([B])c1[B]. The van der Waals surface area contributed by atoms with Crippen molar-refractivity contribution in [3.63, 3.8) is 0 Å². The van der Waals surface area contributed by atoms with Crippen molar-refractivity contribution in [1.82, 2.24) is 9.62 Å². The van der Waals surface area contributed by atoms with Crippen molar-refractivity contribution in [3.05, 3.63) is 29.3 Å². The summed E-state index contributed by atoms with van der Waals surface area (Å²) < 4.78 is 63.6. The number of rotatable bonds is 6. The van der Waals surface area contributed by atoms with E-state index in [-0.39, 0.29) is 62.9 Å². The standard InChI is InChI=1S/C24H21B5F2N2O4S/c1-38(35,36)32-22-13(33(9-24(22)3-4-24)23(34)14-2-5-37-14)7-10-6-11(30)8-12(21(10)31)15-16(25)18(27)20(29)19(28)17(15)26/h6,8,13-14,22,32H,2-5,7,9H2,1H3/t13-,14+,22+/m0/s1. The molecule has 1 saturated carbocycles. The van der Waals surface area contributed by atoms with Crippen LogP contribution in [-0.4, -0.2) is 96.1 Å². The first kappa shape index (κ1) is 27.5. The Balaban J connectivity index is 1.60. The first-order chi connectivity index (χ1) is 17.7. The highest BCUT2D eigenvalue weighted by molar-refractivity contribution is 7.88. The third-order valence-electron chi connectivity index (χ3n) is 7.93. The monoisotopic (exact) mass is 526 g/mol. The zero-order valence-electron chi connectivity index (χ0n) is 20.8. The van der Waals surface area contributed by atoms with Crippen molar-refractivity contribution in [1.29, 1.82) is 0 Å². The molecule has 0 unspecified atom stereocenters. The summed E-state index contributed by atoms with van der Waals surface area (Å²) >= 11 is 0. The third kappa shape index (κ3) is 4.66. The van der Waals surface area contributed by atoms with Gasteiger partial charge in [0, 0.05) is 30.0 Å². The van der Waals surface area contributed by atoms with Crippen LogP contribution in [0, 0.1) is 17.0 Å². The summed E-state index contributed by atoms with van der Waals surface area (Å²) in [7, 11) is 26.2. The second-order valence-corrected chi connectivity index (χ2v) is 12.3. The number of halogens is 2. The number of hydrogen-bond acceptors (Lipinski definition) is 4. The first-order valence-corrected chi connectivity index (χ1v) is 14.0. The summed E-state index contributed by atoms with van der Waals surface area (Å²) in [4.78, 5) is 14.8. The molecule has 10 radical (unpaired) electrons. The number of carbonyl (C=O) groups excluding carboxylic acids is 1. The lowest BCUT2D eigenvalue weighted by molar-refractivity contribution is -0.157. The van der Waals surface area contributed by atoms with Crippen LogP contribution in [0.25, 0.3) is 11.1 Å². The van der Waals surface area contributed by atoms with Crippen LogP contribution >= 0.6 is 0 Å². The van der Waals surface area contributed by atoms with Crippen molar-refractivity contribution in [2.75, 3.05) is 19.4 Å². The maximum absolute atomic E-state index is 16.1. The Bertz CT molecular complexity index is 1420. The second-order valence-electron chi connectivity index (χ2n) is 10.5. The fourth-order valence-electron chi connectivity index (χ4n) is 5.63. The zero-order chi connectivity index (χ0) is 27.7. The molecule has 1 amide bonds. The number of ether oxygens (including phenoxy) is 1. The Morgan fingerprint density at radius 1 is 1.08 bits per heavy atom. The van der Waals surface area contributed by atoms with E-state index in [4.69, 9.17) is 44.0 Å². The van der Waals surface area contributed by atoms with E-state index in [2.05, 4.69) is 4.72 Å². The number of likely N-dealkylation sites (tertiary alicyclic amines) is 1. The topological polar surface area (TPSA) is 75.7 Å². The fourth-order valence-corrected chi connectivity index (χ4v) is 6.50. The Labute approximate surface area is 227 Å². The predicted octanol–water partition coefficient (Wildman–Crippen LogP) is -3.16. The summed E-state index contributed by atoms with van der Waals surface area (Å²) in [5.74, 6) is -1.94. The maximum Gasteiger partial charge on any atom is 0.252 e. The molecule has 3 fully saturated rings. The molecule has 14 heteroatoms. The van der Waals surface area contributed by atoms with Gasteiger partial charge in [-0.05, 0) is 42.5 Å². The summed E-state index contributed by atoms with van der Waals surface area (Å²) in [5.41, 5.74) is -1.55. The summed E-state index contributed by atoms with van der Waals surface area (Å²) in [5, 5.41) is 0. The molecular formula is C24H21B5F2N2O4S. The van der Waals surface area contributed by atoms with Gasteiger partial charge in [-0.1, -0.05) is 10.9 Å². The van der Waals surface area contributed by atoms with Crippen molar-refractivity contribution in [3.8, 4) is 11.1 Å². The van der Waals surface area contributed by atoms with Crippen LogP contribution in [0.4, 0.5) is 8.78 Å². The van der Waals surface area contributed by atoms with Crippen LogP contribution in [0.1, 0.15) is 24.8 Å². The molecule has 2 heterocycles. The van der Waals surface area contributed by atoms with Gasteiger partial charge < -0.3 is 9.64 Å². The normalized spacial score (nSPS) is 24.0. The molecule has 2 aromatic carbocycles. The van der Waals surface area contributed by atoms with Gasteiger partial charge in [-0.15, -0.1) is 16.4 Å². The lowest BCUT2D eigenvalue weighted by Gasteiger charge is -2.34. The van der Waals surface area contributed by atoms with Crippen molar-refractivity contribution < 1.29 is 26.7 Å². The molecule has 0 aromatic heterocycles. The molecule has 0 bridgehead atoms. The highest BCUT2D eigenvalue weighted by Crippen LogP contribution is 2.56. The fraction of sp³-hybridized carbons (Fsp3) is 0.458. The smallest absolute Gasteiger partial charge is 0.252 e. The van der Waals surface area contributed by atoms with E-state index in [0.29, 0.717) is 25.9 Å². The van der Waals surface area contributed by atoms with Crippen LogP contribution < -0.4 is 32.0 Å². The predicted molar refractivity (Wildman–Crippen MR) is 146 cm³/mol. The zero-order valence-corrected chi connectivity index (χ0v) is 21.6. The second kappa shape index (κ2) is 9.56. The van der Waals surface area contributed by atoms with Crippen LogP contribution in [0.2, 0.25) is 0 Å². The van der Waals surface area contributed by atoms with Gasteiger partial charge >= 0.3 is 0 Å². The van der Waals surface area contributed by atoms with Gasteiger partial charge in [-0.2, -0.15) is 0 Å². The minimum absolute atomic E-state index is 0.0662. The third-order valence-corrected chi connectivity index (χ3v) is 8.61. The quantitative estimate of drug-likeness (QED) is 0.405. The lowest BCUT2D eigenvalue weighted by atomic mass is 9.59. The molecule has 1 spiro atoms. The van der Waals surface area contributed by atoms with E-state index in [9.17, 15) is 17.6 Å². The highest BCUT2D eigenvalue weighted by Gasteiger charge is 2.61. The average molecular weight is 526 g/mol. The number of amides is 1. The molecule has 5 rings (SSSR count). The van der Waals surface area contributed by atoms with Gasteiger partial charge in [0.15, 0.2) is 0 Å². The first-order valence-electron chi connectivity index (χ1n) is 12.1. The van der Waals surface area contributed by atoms with Crippen LogP contribution in [0.15, 0.2) is 12.1 Å². The summed E-state index contributed by atoms with van der Waals surface area (Å²) in [6.07, 6.45) is 2.14. The van der Waals surface area contributed by atoms with Gasteiger partial charge in [0.05, 0.1) is 18.9 Å². The van der Waals surface area contributed by atoms with E-state index in [1.54, 1.807) is 4.90 Å². The van der Waals surface area contributed by atoms with Crippen LogP contribution in [-0.2, 0) is 26.0 Å². The highest BCUT2D eigenvalue weighted by atomic mass is 32.2.